The van der Waals surface area contributed by atoms with E-state index in [9.17, 15) is 60.7 Å². The summed E-state index contributed by atoms with van der Waals surface area (Å²) >= 11 is 0. The zero-order valence-corrected chi connectivity index (χ0v) is 11.1. The van der Waals surface area contributed by atoms with Crippen LogP contribution in [0.1, 0.15) is 0 Å². The molecule has 0 fully saturated rings. The van der Waals surface area contributed by atoms with Crippen LogP contribution in [0.15, 0.2) is 0 Å². The standard InChI is InChI=1S/C4HF10NO4S2.H3N/c5-1(6,7)3(11,12)20(16,17)15-21(18,19)4(13,14)2(8,9)10;/h15H;1H3. The third-order valence-corrected chi connectivity index (χ3v) is 5.12. The smallest absolute Gasteiger partial charge is 0.344 e. The fraction of sp³-hybridized carbons (Fsp3) is 1.00. The molecule has 0 aliphatic rings. The van der Waals surface area contributed by atoms with Crippen molar-refractivity contribution < 1.29 is 60.7 Å². The summed E-state index contributed by atoms with van der Waals surface area (Å²) in [7, 11) is -15.0. The average Bonchev–Trinajstić information content (AvgIpc) is 2.11. The highest BCUT2D eigenvalue weighted by atomic mass is 32.3. The highest BCUT2D eigenvalue weighted by molar-refractivity contribution is 8.05. The van der Waals surface area contributed by atoms with Crippen LogP contribution in [0.3, 0.4) is 0 Å². The minimum Gasteiger partial charge on any atom is -0.344 e. The molecule has 6 nitrogen and oxygen atoms in total. The third kappa shape index (κ3) is 3.71. The Hall–Kier alpha value is -0.880. The second-order valence-electron chi connectivity index (χ2n) is 3.12. The molecule has 0 aromatic carbocycles. The van der Waals surface area contributed by atoms with Gasteiger partial charge >= 0.3 is 22.9 Å². The first-order valence-electron chi connectivity index (χ1n) is 3.87. The molecule has 0 aliphatic heterocycles. The largest absolute Gasteiger partial charge is 0.471 e. The van der Waals surface area contributed by atoms with Gasteiger partial charge in [0.15, 0.2) is 0 Å². The maximum Gasteiger partial charge on any atom is 0.471 e. The molecule has 22 heavy (non-hydrogen) atoms. The Morgan fingerprint density at radius 1 is 0.545 bits per heavy atom. The third-order valence-electron chi connectivity index (χ3n) is 1.55. The van der Waals surface area contributed by atoms with Gasteiger partial charge in [-0.2, -0.15) is 43.9 Å². The van der Waals surface area contributed by atoms with Crippen LogP contribution < -0.4 is 10.3 Å². The van der Waals surface area contributed by atoms with Crippen molar-refractivity contribution in [1.29, 1.82) is 0 Å². The van der Waals surface area contributed by atoms with E-state index in [1.54, 1.807) is 0 Å². The molecule has 0 atom stereocenters. The molecule has 0 rings (SSSR count). The van der Waals surface area contributed by atoms with Crippen molar-refractivity contribution >= 4 is 20.0 Å². The van der Waals surface area contributed by atoms with E-state index in [-0.39, 0.29) is 6.15 Å². The molecular weight excluding hydrogens is 394 g/mol. The molecular formula is C4H4F10N2O4S2. The van der Waals surface area contributed by atoms with E-state index in [0.29, 0.717) is 0 Å². The van der Waals surface area contributed by atoms with Crippen molar-refractivity contribution in [1.82, 2.24) is 10.3 Å². The van der Waals surface area contributed by atoms with Gasteiger partial charge in [0.25, 0.3) is 20.0 Å². The van der Waals surface area contributed by atoms with Gasteiger partial charge in [-0.3, -0.25) is 0 Å². The summed E-state index contributed by atoms with van der Waals surface area (Å²) in [6.45, 7) is 0. The Morgan fingerprint density at radius 3 is 0.864 bits per heavy atom. The van der Waals surface area contributed by atoms with E-state index >= 15 is 0 Å². The number of sulfonamides is 2. The van der Waals surface area contributed by atoms with Crippen molar-refractivity contribution in [2.45, 2.75) is 22.9 Å². The van der Waals surface area contributed by atoms with Crippen LogP contribution in [0.2, 0.25) is 0 Å². The summed E-state index contributed by atoms with van der Waals surface area (Å²) in [5.74, 6) is 0. The molecule has 0 saturated heterocycles. The minimum absolute atomic E-state index is 0. The second kappa shape index (κ2) is 5.64. The molecule has 0 spiro atoms. The fourth-order valence-corrected chi connectivity index (χ4v) is 3.16. The molecule has 0 unspecified atom stereocenters. The number of halogens is 10. The Balaban J connectivity index is 0. The summed E-state index contributed by atoms with van der Waals surface area (Å²) in [5.41, 5.74) is 0. The molecule has 0 amide bonds. The summed E-state index contributed by atoms with van der Waals surface area (Å²) in [6.07, 6.45) is -13.9. The molecule has 0 bridgehead atoms. The molecule has 0 aromatic heterocycles. The number of hydrogen-bond donors (Lipinski definition) is 2. The van der Waals surface area contributed by atoms with Crippen LogP contribution in [0.25, 0.3) is 0 Å². The van der Waals surface area contributed by atoms with Crippen LogP contribution in [0.5, 0.6) is 0 Å². The lowest BCUT2D eigenvalue weighted by Crippen LogP contribution is -2.57. The van der Waals surface area contributed by atoms with Gasteiger partial charge in [-0.15, -0.1) is 0 Å². The minimum atomic E-state index is -7.49. The van der Waals surface area contributed by atoms with Crippen molar-refractivity contribution in [2.24, 2.45) is 0 Å². The summed E-state index contributed by atoms with van der Waals surface area (Å²) in [5, 5.41) is -13.9. The molecule has 0 heterocycles. The van der Waals surface area contributed by atoms with Crippen molar-refractivity contribution in [3.8, 4) is 0 Å². The van der Waals surface area contributed by atoms with Gasteiger partial charge in [-0.25, -0.2) is 16.8 Å². The normalized spacial score (nSPS) is 15.4. The maximum absolute atomic E-state index is 12.4. The quantitative estimate of drug-likeness (QED) is 0.700. The second-order valence-corrected chi connectivity index (χ2v) is 6.83. The van der Waals surface area contributed by atoms with Crippen molar-refractivity contribution in [2.75, 3.05) is 0 Å². The zero-order valence-electron chi connectivity index (χ0n) is 9.44. The predicted molar refractivity (Wildman–Crippen MR) is 48.0 cm³/mol. The highest BCUT2D eigenvalue weighted by Crippen LogP contribution is 2.42. The van der Waals surface area contributed by atoms with Crippen LogP contribution >= 0.6 is 0 Å². The van der Waals surface area contributed by atoms with Gasteiger partial charge in [0.1, 0.15) is 0 Å². The van der Waals surface area contributed by atoms with E-state index < -0.39 is 47.0 Å². The molecule has 0 radical (unpaired) electrons. The van der Waals surface area contributed by atoms with Crippen LogP contribution in [-0.2, 0) is 20.0 Å². The molecule has 0 aliphatic carbocycles. The van der Waals surface area contributed by atoms with E-state index in [2.05, 4.69) is 0 Å². The molecule has 4 N–H and O–H groups in total. The lowest BCUT2D eigenvalue weighted by Gasteiger charge is -2.23. The number of rotatable bonds is 4. The summed E-state index contributed by atoms with van der Waals surface area (Å²) in [4.78, 5) is 0. The van der Waals surface area contributed by atoms with E-state index in [4.69, 9.17) is 0 Å². The molecule has 136 valence electrons. The Kier molecular flexibility index (Phi) is 5.99. The van der Waals surface area contributed by atoms with Crippen molar-refractivity contribution in [3.05, 3.63) is 0 Å². The van der Waals surface area contributed by atoms with Gasteiger partial charge in [-0.1, -0.05) is 4.13 Å². The summed E-state index contributed by atoms with van der Waals surface area (Å²) in [6, 6.07) is 0. The Morgan fingerprint density at radius 2 is 0.727 bits per heavy atom. The predicted octanol–water partition coefficient (Wildman–Crippen LogP) is 1.71. The van der Waals surface area contributed by atoms with Gasteiger partial charge in [-0.05, 0) is 0 Å². The van der Waals surface area contributed by atoms with E-state index in [1.807, 2.05) is 0 Å². The van der Waals surface area contributed by atoms with Crippen LogP contribution in [0.4, 0.5) is 43.9 Å². The fourth-order valence-electron chi connectivity index (χ4n) is 0.554. The van der Waals surface area contributed by atoms with E-state index in [1.165, 1.54) is 0 Å². The molecule has 18 heteroatoms. The van der Waals surface area contributed by atoms with Crippen LogP contribution in [-0.4, -0.2) is 39.7 Å². The van der Waals surface area contributed by atoms with Gasteiger partial charge < -0.3 is 6.15 Å². The average molecular weight is 398 g/mol. The molecule has 0 saturated carbocycles. The van der Waals surface area contributed by atoms with Gasteiger partial charge in [0.2, 0.25) is 0 Å². The number of nitrogens with one attached hydrogen (secondary N) is 1. The zero-order chi connectivity index (χ0) is 17.7. The number of alkyl halides is 10. The monoisotopic (exact) mass is 398 g/mol. The highest BCUT2D eigenvalue weighted by Gasteiger charge is 2.73. The van der Waals surface area contributed by atoms with Crippen molar-refractivity contribution in [3.63, 3.8) is 0 Å². The Labute approximate surface area is 115 Å². The van der Waals surface area contributed by atoms with Crippen LogP contribution in [0, 0.1) is 0 Å². The Bertz CT molecular complexity index is 548. The number of hydrogen-bond acceptors (Lipinski definition) is 5. The van der Waals surface area contributed by atoms with E-state index in [0.717, 1.165) is 0 Å². The lowest BCUT2D eigenvalue weighted by molar-refractivity contribution is -0.242. The van der Waals surface area contributed by atoms with Gasteiger partial charge in [0, 0.05) is 0 Å². The summed E-state index contributed by atoms with van der Waals surface area (Å²) < 4.78 is 160. The molecule has 0 aromatic rings. The maximum atomic E-state index is 12.4. The topological polar surface area (TPSA) is 115 Å². The first-order valence-corrected chi connectivity index (χ1v) is 6.84. The first kappa shape index (κ1) is 23.4. The lowest BCUT2D eigenvalue weighted by atomic mass is 10.7. The first-order chi connectivity index (χ1) is 8.71. The van der Waals surface area contributed by atoms with Gasteiger partial charge in [0.05, 0.1) is 0 Å². The SMILES string of the molecule is N.O=S(=O)(NS(=O)(=O)C(F)(F)C(F)(F)F)C(F)(F)C(F)(F)F.